The minimum Gasteiger partial charge on any atom is -0.346 e. The van der Waals surface area contributed by atoms with E-state index in [0.717, 1.165) is 22.3 Å². The zero-order valence-electron chi connectivity index (χ0n) is 12.1. The summed E-state index contributed by atoms with van der Waals surface area (Å²) in [6, 6.07) is 13.4. The van der Waals surface area contributed by atoms with E-state index in [0.29, 0.717) is 11.4 Å². The van der Waals surface area contributed by atoms with Gasteiger partial charge in [-0.15, -0.1) is 0 Å². The van der Waals surface area contributed by atoms with E-state index in [1.807, 2.05) is 48.7 Å². The molecule has 0 saturated carbocycles. The van der Waals surface area contributed by atoms with Crippen molar-refractivity contribution in [2.75, 3.05) is 5.32 Å². The molecule has 0 spiro atoms. The van der Waals surface area contributed by atoms with Crippen LogP contribution in [0.15, 0.2) is 65.5 Å². The first-order chi connectivity index (χ1) is 11.3. The third-order valence-corrected chi connectivity index (χ3v) is 3.59. The minimum absolute atomic E-state index is 0.235. The number of amides is 1. The van der Waals surface area contributed by atoms with Crippen LogP contribution in [0, 0.1) is 0 Å². The van der Waals surface area contributed by atoms with Crippen molar-refractivity contribution in [2.45, 2.75) is 0 Å². The van der Waals surface area contributed by atoms with Crippen LogP contribution in [0.25, 0.3) is 17.1 Å². The first-order valence-electron chi connectivity index (χ1n) is 7.15. The second kappa shape index (κ2) is 5.42. The monoisotopic (exact) mass is 303 g/mol. The summed E-state index contributed by atoms with van der Waals surface area (Å²) in [7, 11) is 0. The van der Waals surface area contributed by atoms with Crippen molar-refractivity contribution in [1.82, 2.24) is 15.4 Å². The van der Waals surface area contributed by atoms with Crippen LogP contribution in [0.3, 0.4) is 0 Å². The number of carbonyl (C=O) groups excluding carboxylic acids is 1. The van der Waals surface area contributed by atoms with E-state index in [1.165, 1.54) is 0 Å². The molecular formula is C17H13N5O. The Labute approximate surface area is 131 Å². The highest BCUT2D eigenvalue weighted by molar-refractivity contribution is 6.30. The quantitative estimate of drug-likeness (QED) is 0.636. The molecule has 2 aromatic heterocycles. The largest absolute Gasteiger partial charge is 0.346 e. The lowest BCUT2D eigenvalue weighted by Gasteiger charge is -2.05. The lowest BCUT2D eigenvalue weighted by Crippen LogP contribution is -2.16. The summed E-state index contributed by atoms with van der Waals surface area (Å²) < 4.78 is 0. The molecule has 0 aliphatic carbocycles. The van der Waals surface area contributed by atoms with Gasteiger partial charge in [0.2, 0.25) is 0 Å². The standard InChI is InChI=1S/C17H13N5O/c23-17-14(9-11-10-19-15-13(11)7-4-8-18-15)16(21-22-17)20-12-5-2-1-3-6-12/h1-10H,(H,18,19)(H,20,21)(H,22,23). The van der Waals surface area contributed by atoms with E-state index in [4.69, 9.17) is 0 Å². The average molecular weight is 303 g/mol. The van der Waals surface area contributed by atoms with Gasteiger partial charge in [-0.2, -0.15) is 5.10 Å². The van der Waals surface area contributed by atoms with Gasteiger partial charge in [0.05, 0.1) is 5.57 Å². The maximum atomic E-state index is 12.1. The van der Waals surface area contributed by atoms with Crippen molar-refractivity contribution in [3.05, 3.63) is 66.0 Å². The van der Waals surface area contributed by atoms with Crippen molar-refractivity contribution < 1.29 is 4.79 Å². The molecule has 1 aliphatic rings. The van der Waals surface area contributed by atoms with Crippen molar-refractivity contribution in [3.8, 4) is 0 Å². The third kappa shape index (κ3) is 2.46. The second-order valence-corrected chi connectivity index (χ2v) is 5.09. The molecule has 0 saturated heterocycles. The molecule has 6 nitrogen and oxygen atoms in total. The smallest absolute Gasteiger partial charge is 0.275 e. The molecule has 112 valence electrons. The Morgan fingerprint density at radius 1 is 1.09 bits per heavy atom. The maximum absolute atomic E-state index is 12.1. The number of hydrazone groups is 1. The van der Waals surface area contributed by atoms with Crippen molar-refractivity contribution in [1.29, 1.82) is 0 Å². The summed E-state index contributed by atoms with van der Waals surface area (Å²) in [5.41, 5.74) is 5.52. The molecule has 3 N–H and O–H groups in total. The number of aromatic nitrogens is 2. The lowest BCUT2D eigenvalue weighted by molar-refractivity contribution is -0.116. The van der Waals surface area contributed by atoms with Crippen LogP contribution in [-0.2, 0) is 4.79 Å². The Bertz CT molecular complexity index is 940. The number of aromatic amines is 1. The van der Waals surface area contributed by atoms with Gasteiger partial charge >= 0.3 is 0 Å². The molecule has 3 heterocycles. The Morgan fingerprint density at radius 2 is 1.96 bits per heavy atom. The Kier molecular flexibility index (Phi) is 3.12. The summed E-state index contributed by atoms with van der Waals surface area (Å²) in [5, 5.41) is 8.18. The van der Waals surface area contributed by atoms with Gasteiger partial charge < -0.3 is 10.3 Å². The number of amidine groups is 1. The number of nitrogens with zero attached hydrogens (tertiary/aromatic N) is 2. The number of nitrogens with one attached hydrogen (secondary N) is 3. The van der Waals surface area contributed by atoms with Crippen LogP contribution >= 0.6 is 0 Å². The van der Waals surface area contributed by atoms with E-state index in [2.05, 4.69) is 25.8 Å². The number of rotatable bonds is 2. The van der Waals surface area contributed by atoms with Gasteiger partial charge in [0.1, 0.15) is 5.65 Å². The molecule has 0 bridgehead atoms. The normalized spacial score (nSPS) is 15.7. The number of fused-ring (bicyclic) bond motifs is 1. The van der Waals surface area contributed by atoms with E-state index >= 15 is 0 Å². The average Bonchev–Trinajstić information content (AvgIpc) is 3.15. The summed E-state index contributed by atoms with van der Waals surface area (Å²) in [4.78, 5) is 19.4. The number of carbonyl (C=O) groups is 1. The van der Waals surface area contributed by atoms with Gasteiger partial charge in [0.15, 0.2) is 5.84 Å². The van der Waals surface area contributed by atoms with Crippen LogP contribution in [-0.4, -0.2) is 21.7 Å². The fourth-order valence-corrected chi connectivity index (χ4v) is 2.47. The van der Waals surface area contributed by atoms with E-state index in [9.17, 15) is 4.79 Å². The van der Waals surface area contributed by atoms with Crippen molar-refractivity contribution in [2.24, 2.45) is 5.10 Å². The second-order valence-electron chi connectivity index (χ2n) is 5.09. The summed E-state index contributed by atoms with van der Waals surface area (Å²) in [6.07, 6.45) is 5.36. The number of hydrogen-bond acceptors (Lipinski definition) is 4. The van der Waals surface area contributed by atoms with E-state index < -0.39 is 0 Å². The fraction of sp³-hybridized carbons (Fsp3) is 0. The van der Waals surface area contributed by atoms with Crippen LogP contribution in [0.5, 0.6) is 0 Å². The Morgan fingerprint density at radius 3 is 2.83 bits per heavy atom. The number of para-hydroxylation sites is 1. The molecule has 1 aliphatic heterocycles. The summed E-state index contributed by atoms with van der Waals surface area (Å²) >= 11 is 0. The SMILES string of the molecule is O=C1NN=C(Nc2ccccc2)C1=Cc1c[nH]c2ncccc12. The first kappa shape index (κ1) is 13.3. The number of anilines is 1. The number of pyridine rings is 1. The molecule has 3 aromatic rings. The number of H-pyrrole nitrogens is 1. The first-order valence-corrected chi connectivity index (χ1v) is 7.15. The van der Waals surface area contributed by atoms with Gasteiger partial charge in [-0.05, 0) is 30.3 Å². The molecule has 4 rings (SSSR count). The lowest BCUT2D eigenvalue weighted by atomic mass is 10.1. The van der Waals surface area contributed by atoms with Crippen molar-refractivity contribution in [3.63, 3.8) is 0 Å². The molecule has 0 fully saturated rings. The molecule has 1 amide bonds. The number of hydrogen-bond donors (Lipinski definition) is 3. The van der Waals surface area contributed by atoms with Gasteiger partial charge in [-0.3, -0.25) is 4.79 Å². The fourth-order valence-electron chi connectivity index (χ4n) is 2.47. The molecule has 6 heteroatoms. The molecule has 23 heavy (non-hydrogen) atoms. The highest BCUT2D eigenvalue weighted by atomic mass is 16.2. The zero-order valence-corrected chi connectivity index (χ0v) is 12.1. The van der Waals surface area contributed by atoms with Crippen LogP contribution in [0.2, 0.25) is 0 Å². The molecular weight excluding hydrogens is 290 g/mol. The van der Waals surface area contributed by atoms with Crippen LogP contribution < -0.4 is 10.7 Å². The topological polar surface area (TPSA) is 82.2 Å². The van der Waals surface area contributed by atoms with Crippen molar-refractivity contribution >= 4 is 34.5 Å². The summed E-state index contributed by atoms with van der Waals surface area (Å²) in [5.74, 6) is 0.265. The predicted octanol–water partition coefficient (Wildman–Crippen LogP) is 2.50. The van der Waals surface area contributed by atoms with Gasteiger partial charge in [-0.25, -0.2) is 10.4 Å². The zero-order chi connectivity index (χ0) is 15.6. The van der Waals surface area contributed by atoms with Gasteiger partial charge in [0, 0.05) is 29.0 Å². The maximum Gasteiger partial charge on any atom is 0.275 e. The Hall–Kier alpha value is -3.41. The Balaban J connectivity index is 1.71. The van der Waals surface area contributed by atoms with E-state index in [1.54, 1.807) is 12.3 Å². The molecule has 0 atom stereocenters. The molecule has 1 aromatic carbocycles. The summed E-state index contributed by atoms with van der Waals surface area (Å²) in [6.45, 7) is 0. The highest BCUT2D eigenvalue weighted by Gasteiger charge is 2.23. The van der Waals surface area contributed by atoms with Gasteiger partial charge in [0.25, 0.3) is 5.91 Å². The van der Waals surface area contributed by atoms with E-state index in [-0.39, 0.29) is 5.91 Å². The van der Waals surface area contributed by atoms with Crippen LogP contribution in [0.1, 0.15) is 5.56 Å². The van der Waals surface area contributed by atoms with Crippen LogP contribution in [0.4, 0.5) is 5.69 Å². The highest BCUT2D eigenvalue weighted by Crippen LogP contribution is 2.21. The molecule has 0 unspecified atom stereocenters. The number of benzene rings is 1. The minimum atomic E-state index is -0.235. The predicted molar refractivity (Wildman–Crippen MR) is 89.7 cm³/mol. The van der Waals surface area contributed by atoms with Gasteiger partial charge in [-0.1, -0.05) is 18.2 Å². The molecule has 0 radical (unpaired) electrons. The third-order valence-electron chi connectivity index (χ3n) is 3.59.